The van der Waals surface area contributed by atoms with Crippen LogP contribution in [0.1, 0.15) is 65.7 Å². The fraction of sp³-hybridized carbons (Fsp3) is 1.00. The van der Waals surface area contributed by atoms with Crippen LogP contribution in [0.4, 0.5) is 0 Å². The van der Waals surface area contributed by atoms with Gasteiger partial charge < -0.3 is 10.1 Å². The first kappa shape index (κ1) is 13.4. The van der Waals surface area contributed by atoms with Crippen molar-refractivity contribution in [2.75, 3.05) is 6.54 Å². The van der Waals surface area contributed by atoms with Crippen molar-refractivity contribution in [3.63, 3.8) is 0 Å². The van der Waals surface area contributed by atoms with Gasteiger partial charge >= 0.3 is 0 Å². The van der Waals surface area contributed by atoms with Crippen LogP contribution in [0.25, 0.3) is 0 Å². The Morgan fingerprint density at radius 3 is 2.53 bits per heavy atom. The lowest BCUT2D eigenvalue weighted by Crippen LogP contribution is -2.30. The van der Waals surface area contributed by atoms with E-state index in [-0.39, 0.29) is 0 Å². The van der Waals surface area contributed by atoms with Crippen molar-refractivity contribution in [3.05, 3.63) is 0 Å². The highest BCUT2D eigenvalue weighted by Crippen LogP contribution is 2.44. The molecule has 2 nitrogen and oxygen atoms in total. The Morgan fingerprint density at radius 2 is 1.88 bits per heavy atom. The molecule has 1 spiro atoms. The zero-order valence-corrected chi connectivity index (χ0v) is 11.8. The van der Waals surface area contributed by atoms with Gasteiger partial charge in [-0.05, 0) is 44.6 Å². The maximum absolute atomic E-state index is 6.36. The van der Waals surface area contributed by atoms with Gasteiger partial charge in [0.15, 0.2) is 0 Å². The van der Waals surface area contributed by atoms with Gasteiger partial charge in [-0.2, -0.15) is 0 Å². The standard InChI is InChI=1S/C15H29NO/c1-12(2)16-11-13(3)10-14-6-9-15(17-14)7-4-5-8-15/h12-14,16H,4-11H2,1-3H3. The van der Waals surface area contributed by atoms with Gasteiger partial charge in [-0.3, -0.25) is 0 Å². The Morgan fingerprint density at radius 1 is 1.18 bits per heavy atom. The van der Waals surface area contributed by atoms with Crippen LogP contribution in [0.2, 0.25) is 0 Å². The van der Waals surface area contributed by atoms with Gasteiger partial charge in [0.1, 0.15) is 0 Å². The van der Waals surface area contributed by atoms with Crippen LogP contribution in [0.3, 0.4) is 0 Å². The topological polar surface area (TPSA) is 21.3 Å². The average molecular weight is 239 g/mol. The molecule has 17 heavy (non-hydrogen) atoms. The minimum Gasteiger partial charge on any atom is -0.372 e. The van der Waals surface area contributed by atoms with Crippen LogP contribution < -0.4 is 5.32 Å². The molecule has 0 aromatic rings. The third-order valence-electron chi connectivity index (χ3n) is 4.39. The second-order valence-corrected chi connectivity index (χ2v) is 6.57. The molecule has 1 saturated heterocycles. The molecule has 1 N–H and O–H groups in total. The van der Waals surface area contributed by atoms with Gasteiger partial charge in [-0.25, -0.2) is 0 Å². The first-order chi connectivity index (χ1) is 8.10. The lowest BCUT2D eigenvalue weighted by molar-refractivity contribution is -0.0434. The number of nitrogens with one attached hydrogen (secondary N) is 1. The average Bonchev–Trinajstić information content (AvgIpc) is 2.87. The van der Waals surface area contributed by atoms with Gasteiger partial charge in [-0.1, -0.05) is 33.6 Å². The van der Waals surface area contributed by atoms with E-state index in [2.05, 4.69) is 26.1 Å². The quantitative estimate of drug-likeness (QED) is 0.793. The van der Waals surface area contributed by atoms with Crippen LogP contribution in [-0.4, -0.2) is 24.3 Å². The predicted octanol–water partition coefficient (Wildman–Crippen LogP) is 3.50. The van der Waals surface area contributed by atoms with Crippen molar-refractivity contribution in [2.24, 2.45) is 5.92 Å². The van der Waals surface area contributed by atoms with E-state index < -0.39 is 0 Å². The van der Waals surface area contributed by atoms with Crippen LogP contribution in [0.5, 0.6) is 0 Å². The van der Waals surface area contributed by atoms with E-state index in [1.165, 1.54) is 44.9 Å². The zero-order chi connectivity index (χ0) is 12.3. The Bertz CT molecular complexity index is 233. The second kappa shape index (κ2) is 5.71. The summed E-state index contributed by atoms with van der Waals surface area (Å²) in [6, 6.07) is 0.600. The normalized spacial score (nSPS) is 29.3. The molecule has 2 aliphatic rings. The number of rotatable bonds is 5. The van der Waals surface area contributed by atoms with E-state index in [1.54, 1.807) is 0 Å². The molecule has 0 aromatic heterocycles. The summed E-state index contributed by atoms with van der Waals surface area (Å²) in [6.07, 6.45) is 9.81. The lowest BCUT2D eigenvalue weighted by Gasteiger charge is -2.25. The highest BCUT2D eigenvalue weighted by Gasteiger charge is 2.42. The fourth-order valence-electron chi connectivity index (χ4n) is 3.42. The van der Waals surface area contributed by atoms with Crippen LogP contribution in [0.15, 0.2) is 0 Å². The molecule has 2 fully saturated rings. The van der Waals surface area contributed by atoms with Crippen LogP contribution in [0, 0.1) is 5.92 Å². The predicted molar refractivity (Wildman–Crippen MR) is 72.2 cm³/mol. The molecule has 0 aromatic carbocycles. The Balaban J connectivity index is 1.70. The molecule has 0 radical (unpaired) electrons. The Kier molecular flexibility index (Phi) is 4.48. The highest BCUT2D eigenvalue weighted by molar-refractivity contribution is 4.93. The first-order valence-electron chi connectivity index (χ1n) is 7.51. The SMILES string of the molecule is CC(CNC(C)C)CC1CCC2(CCCC2)O1. The highest BCUT2D eigenvalue weighted by atomic mass is 16.5. The molecule has 2 unspecified atom stereocenters. The van der Waals surface area contributed by atoms with Gasteiger partial charge in [0.25, 0.3) is 0 Å². The van der Waals surface area contributed by atoms with E-state index in [0.29, 0.717) is 17.7 Å². The van der Waals surface area contributed by atoms with E-state index in [9.17, 15) is 0 Å². The third kappa shape index (κ3) is 3.69. The molecular formula is C15H29NO. The molecule has 1 heterocycles. The first-order valence-corrected chi connectivity index (χ1v) is 7.51. The van der Waals surface area contributed by atoms with E-state index in [4.69, 9.17) is 4.74 Å². The summed E-state index contributed by atoms with van der Waals surface area (Å²) in [5, 5.41) is 3.52. The molecule has 0 amide bonds. The van der Waals surface area contributed by atoms with Crippen molar-refractivity contribution in [3.8, 4) is 0 Å². The molecule has 1 aliphatic carbocycles. The molecule has 1 aliphatic heterocycles. The van der Waals surface area contributed by atoms with Crippen molar-refractivity contribution in [1.29, 1.82) is 0 Å². The minimum absolute atomic E-state index is 0.315. The molecule has 100 valence electrons. The summed E-state index contributed by atoms with van der Waals surface area (Å²) in [5.41, 5.74) is 0.315. The molecule has 1 saturated carbocycles. The number of hydrogen-bond donors (Lipinski definition) is 1. The maximum atomic E-state index is 6.36. The Labute approximate surface area is 107 Å². The van der Waals surface area contributed by atoms with Gasteiger partial charge in [0.2, 0.25) is 0 Å². The monoisotopic (exact) mass is 239 g/mol. The Hall–Kier alpha value is -0.0800. The largest absolute Gasteiger partial charge is 0.372 e. The molecule has 0 bridgehead atoms. The third-order valence-corrected chi connectivity index (χ3v) is 4.39. The van der Waals surface area contributed by atoms with Crippen molar-refractivity contribution >= 4 is 0 Å². The number of ether oxygens (including phenoxy) is 1. The summed E-state index contributed by atoms with van der Waals surface area (Å²) >= 11 is 0. The smallest absolute Gasteiger partial charge is 0.0687 e. The summed E-state index contributed by atoms with van der Waals surface area (Å²) in [5.74, 6) is 0.735. The van der Waals surface area contributed by atoms with Gasteiger partial charge in [-0.15, -0.1) is 0 Å². The van der Waals surface area contributed by atoms with Gasteiger partial charge in [0.05, 0.1) is 11.7 Å². The maximum Gasteiger partial charge on any atom is 0.0687 e. The minimum atomic E-state index is 0.315. The summed E-state index contributed by atoms with van der Waals surface area (Å²) in [6.45, 7) is 7.90. The summed E-state index contributed by atoms with van der Waals surface area (Å²) in [7, 11) is 0. The van der Waals surface area contributed by atoms with E-state index >= 15 is 0 Å². The molecular weight excluding hydrogens is 210 g/mol. The van der Waals surface area contributed by atoms with Crippen LogP contribution >= 0.6 is 0 Å². The van der Waals surface area contributed by atoms with E-state index in [0.717, 1.165) is 12.5 Å². The molecule has 2 rings (SSSR count). The van der Waals surface area contributed by atoms with Crippen LogP contribution in [-0.2, 0) is 4.74 Å². The summed E-state index contributed by atoms with van der Waals surface area (Å²) in [4.78, 5) is 0. The molecule has 2 heteroatoms. The van der Waals surface area contributed by atoms with Crippen molar-refractivity contribution in [2.45, 2.75) is 83.5 Å². The van der Waals surface area contributed by atoms with E-state index in [1.807, 2.05) is 0 Å². The fourth-order valence-corrected chi connectivity index (χ4v) is 3.42. The van der Waals surface area contributed by atoms with Crippen molar-refractivity contribution < 1.29 is 4.74 Å². The summed E-state index contributed by atoms with van der Waals surface area (Å²) < 4.78 is 6.36. The lowest BCUT2D eigenvalue weighted by atomic mass is 9.96. The molecule has 2 atom stereocenters. The van der Waals surface area contributed by atoms with Crippen molar-refractivity contribution in [1.82, 2.24) is 5.32 Å². The zero-order valence-electron chi connectivity index (χ0n) is 11.8. The number of hydrogen-bond acceptors (Lipinski definition) is 2. The second-order valence-electron chi connectivity index (χ2n) is 6.57. The van der Waals surface area contributed by atoms with Gasteiger partial charge in [0, 0.05) is 6.04 Å².